The first-order valence-corrected chi connectivity index (χ1v) is 6.12. The third kappa shape index (κ3) is 6.08. The minimum atomic E-state index is -0.0955. The van der Waals surface area contributed by atoms with Crippen LogP contribution in [0.5, 0.6) is 0 Å². The van der Waals surface area contributed by atoms with Crippen LogP contribution in [-0.2, 0) is 14.3 Å². The third-order valence-electron chi connectivity index (χ3n) is 2.56. The maximum absolute atomic E-state index is 11.4. The lowest BCUT2D eigenvalue weighted by molar-refractivity contribution is -0.146. The molecule has 0 aliphatic carbocycles. The maximum Gasteiger partial charge on any atom is 0.306 e. The van der Waals surface area contributed by atoms with E-state index >= 15 is 0 Å². The highest BCUT2D eigenvalue weighted by Crippen LogP contribution is 2.12. The average molecular weight is 229 g/mol. The molecule has 94 valence electrons. The Hall–Kier alpha value is -0.610. The van der Waals surface area contributed by atoms with E-state index in [2.05, 4.69) is 19.2 Å². The molecule has 0 bridgehead atoms. The molecule has 1 aliphatic heterocycles. The molecule has 16 heavy (non-hydrogen) atoms. The van der Waals surface area contributed by atoms with Crippen molar-refractivity contribution >= 4 is 5.97 Å². The van der Waals surface area contributed by atoms with Gasteiger partial charge in [-0.2, -0.15) is 0 Å². The van der Waals surface area contributed by atoms with Gasteiger partial charge in [0.25, 0.3) is 0 Å². The van der Waals surface area contributed by atoms with E-state index in [1.807, 2.05) is 0 Å². The number of nitrogens with one attached hydrogen (secondary N) is 1. The topological polar surface area (TPSA) is 47.6 Å². The van der Waals surface area contributed by atoms with Crippen molar-refractivity contribution in [2.24, 2.45) is 11.8 Å². The van der Waals surface area contributed by atoms with Gasteiger partial charge in [-0.25, -0.2) is 0 Å². The second-order valence-corrected chi connectivity index (χ2v) is 4.75. The normalized spacial score (nSPS) is 20.3. The number of hydrogen-bond acceptors (Lipinski definition) is 4. The summed E-state index contributed by atoms with van der Waals surface area (Å²) in [4.78, 5) is 11.4. The van der Waals surface area contributed by atoms with Gasteiger partial charge in [0.1, 0.15) is 6.61 Å². The van der Waals surface area contributed by atoms with Crippen LogP contribution in [-0.4, -0.2) is 38.9 Å². The molecule has 1 heterocycles. The average Bonchev–Trinajstić information content (AvgIpc) is 2.69. The Balaban J connectivity index is 1.93. The molecule has 0 aromatic rings. The van der Waals surface area contributed by atoms with Crippen molar-refractivity contribution in [3.8, 4) is 0 Å². The first-order chi connectivity index (χ1) is 7.68. The highest BCUT2D eigenvalue weighted by Gasteiger charge is 2.18. The van der Waals surface area contributed by atoms with Crippen LogP contribution >= 0.6 is 0 Å². The van der Waals surface area contributed by atoms with Crippen molar-refractivity contribution < 1.29 is 14.3 Å². The Morgan fingerprint density at radius 3 is 2.88 bits per heavy atom. The molecule has 1 rings (SSSR count). The van der Waals surface area contributed by atoms with E-state index in [0.717, 1.165) is 26.1 Å². The largest absolute Gasteiger partial charge is 0.463 e. The van der Waals surface area contributed by atoms with Crippen molar-refractivity contribution in [3.05, 3.63) is 0 Å². The monoisotopic (exact) mass is 229 g/mol. The van der Waals surface area contributed by atoms with Gasteiger partial charge in [0.2, 0.25) is 0 Å². The number of rotatable bonds is 7. The van der Waals surface area contributed by atoms with E-state index in [4.69, 9.17) is 9.47 Å². The molecule has 1 saturated heterocycles. The summed E-state index contributed by atoms with van der Waals surface area (Å²) in [6, 6.07) is 0. The zero-order valence-electron chi connectivity index (χ0n) is 10.3. The molecule has 4 nitrogen and oxygen atoms in total. The lowest BCUT2D eigenvalue weighted by atomic mass is 10.1. The van der Waals surface area contributed by atoms with E-state index < -0.39 is 0 Å². The van der Waals surface area contributed by atoms with Crippen LogP contribution in [0.15, 0.2) is 0 Å². The molecular weight excluding hydrogens is 206 g/mol. The van der Waals surface area contributed by atoms with Gasteiger partial charge in [0, 0.05) is 13.0 Å². The lowest BCUT2D eigenvalue weighted by Crippen LogP contribution is -2.17. The molecule has 1 unspecified atom stereocenters. The zero-order chi connectivity index (χ0) is 11.8. The van der Waals surface area contributed by atoms with Gasteiger partial charge in [-0.3, -0.25) is 4.79 Å². The quantitative estimate of drug-likeness (QED) is 0.526. The number of carbonyl (C=O) groups excluding carboxylic acids is 1. The van der Waals surface area contributed by atoms with Crippen LogP contribution in [0.4, 0.5) is 0 Å². The summed E-state index contributed by atoms with van der Waals surface area (Å²) in [7, 11) is 0. The van der Waals surface area contributed by atoms with Crippen LogP contribution in [0, 0.1) is 11.8 Å². The fourth-order valence-electron chi connectivity index (χ4n) is 1.72. The van der Waals surface area contributed by atoms with E-state index in [1.54, 1.807) is 0 Å². The second-order valence-electron chi connectivity index (χ2n) is 4.75. The van der Waals surface area contributed by atoms with Gasteiger partial charge >= 0.3 is 5.97 Å². The van der Waals surface area contributed by atoms with Crippen LogP contribution in [0.2, 0.25) is 0 Å². The fraction of sp³-hybridized carbons (Fsp3) is 0.917. The van der Waals surface area contributed by atoms with Gasteiger partial charge in [0.05, 0.1) is 6.61 Å². The van der Waals surface area contributed by atoms with Crippen LogP contribution in [0.25, 0.3) is 0 Å². The van der Waals surface area contributed by atoms with Crippen LogP contribution < -0.4 is 5.32 Å². The van der Waals surface area contributed by atoms with Crippen LogP contribution in [0.1, 0.15) is 26.7 Å². The van der Waals surface area contributed by atoms with E-state index in [0.29, 0.717) is 31.5 Å². The summed E-state index contributed by atoms with van der Waals surface area (Å²) in [6.45, 7) is 7.77. The van der Waals surface area contributed by atoms with Crippen molar-refractivity contribution in [1.29, 1.82) is 0 Å². The Kier molecular flexibility index (Phi) is 6.42. The first kappa shape index (κ1) is 13.5. The predicted molar refractivity (Wildman–Crippen MR) is 62.2 cm³/mol. The molecule has 0 saturated carbocycles. The highest BCUT2D eigenvalue weighted by atomic mass is 16.6. The molecule has 0 radical (unpaired) electrons. The van der Waals surface area contributed by atoms with Gasteiger partial charge < -0.3 is 14.8 Å². The maximum atomic E-state index is 11.4. The van der Waals surface area contributed by atoms with E-state index in [9.17, 15) is 4.79 Å². The Morgan fingerprint density at radius 2 is 2.25 bits per heavy atom. The summed E-state index contributed by atoms with van der Waals surface area (Å²) in [5, 5.41) is 3.23. The van der Waals surface area contributed by atoms with Gasteiger partial charge in [0.15, 0.2) is 0 Å². The van der Waals surface area contributed by atoms with Crippen molar-refractivity contribution in [2.75, 3.05) is 32.9 Å². The molecule has 1 aliphatic rings. The summed E-state index contributed by atoms with van der Waals surface area (Å²) >= 11 is 0. The summed E-state index contributed by atoms with van der Waals surface area (Å²) in [6.07, 6.45) is 1.62. The van der Waals surface area contributed by atoms with Crippen LogP contribution in [0.3, 0.4) is 0 Å². The predicted octanol–water partition coefficient (Wildman–Crippen LogP) is 1.20. The lowest BCUT2D eigenvalue weighted by Gasteiger charge is -2.09. The molecule has 1 N–H and O–H groups in total. The Bertz CT molecular complexity index is 200. The number of ether oxygens (including phenoxy) is 2. The fourth-order valence-corrected chi connectivity index (χ4v) is 1.72. The number of esters is 1. The van der Waals surface area contributed by atoms with Crippen molar-refractivity contribution in [2.45, 2.75) is 26.7 Å². The van der Waals surface area contributed by atoms with Crippen molar-refractivity contribution in [1.82, 2.24) is 5.32 Å². The molecule has 0 amide bonds. The summed E-state index contributed by atoms with van der Waals surface area (Å²) < 4.78 is 10.4. The smallest absolute Gasteiger partial charge is 0.306 e. The molecule has 1 atom stereocenters. The van der Waals surface area contributed by atoms with Gasteiger partial charge in [-0.15, -0.1) is 0 Å². The Labute approximate surface area is 97.7 Å². The molecule has 0 aromatic carbocycles. The summed E-state index contributed by atoms with van der Waals surface area (Å²) in [5.74, 6) is 0.895. The van der Waals surface area contributed by atoms with E-state index in [-0.39, 0.29) is 5.97 Å². The summed E-state index contributed by atoms with van der Waals surface area (Å²) in [5.41, 5.74) is 0. The molecule has 0 aromatic heterocycles. The van der Waals surface area contributed by atoms with Gasteiger partial charge in [-0.05, 0) is 31.3 Å². The third-order valence-corrected chi connectivity index (χ3v) is 2.56. The standard InChI is InChI=1S/C12H23NO3/c1-10(2)9-15-5-6-16-12(14)7-11-3-4-13-8-11/h10-11,13H,3-9H2,1-2H3. The Morgan fingerprint density at radius 1 is 1.44 bits per heavy atom. The van der Waals surface area contributed by atoms with Gasteiger partial charge in [-0.1, -0.05) is 13.8 Å². The SMILES string of the molecule is CC(C)COCCOC(=O)CC1CCNC1. The van der Waals surface area contributed by atoms with E-state index in [1.165, 1.54) is 0 Å². The molecule has 0 spiro atoms. The molecular formula is C12H23NO3. The highest BCUT2D eigenvalue weighted by molar-refractivity contribution is 5.69. The van der Waals surface area contributed by atoms with Crippen molar-refractivity contribution in [3.63, 3.8) is 0 Å². The first-order valence-electron chi connectivity index (χ1n) is 6.12. The zero-order valence-corrected chi connectivity index (χ0v) is 10.3. The molecule has 1 fully saturated rings. The number of hydrogen-bond donors (Lipinski definition) is 1. The second kappa shape index (κ2) is 7.63. The number of carbonyl (C=O) groups is 1. The minimum absolute atomic E-state index is 0.0955. The molecule has 4 heteroatoms. The minimum Gasteiger partial charge on any atom is -0.463 e.